The van der Waals surface area contributed by atoms with Gasteiger partial charge in [0.25, 0.3) is 5.91 Å². The fraction of sp³-hybridized carbons (Fsp3) is 0.286. The molecule has 0 aliphatic carbocycles. The van der Waals surface area contributed by atoms with E-state index in [2.05, 4.69) is 10.6 Å². The molecule has 0 aromatic heterocycles. The van der Waals surface area contributed by atoms with Crippen LogP contribution in [0.15, 0.2) is 42.5 Å². The number of hydrogen-bond acceptors (Lipinski definition) is 4. The average Bonchev–Trinajstić information content (AvgIpc) is 2.64. The lowest BCUT2D eigenvalue weighted by molar-refractivity contribution is -0.147. The zero-order chi connectivity index (χ0) is 19.8. The lowest BCUT2D eigenvalue weighted by Crippen LogP contribution is -2.22. The van der Waals surface area contributed by atoms with Crippen molar-refractivity contribution in [3.63, 3.8) is 0 Å². The first-order valence-electron chi connectivity index (χ1n) is 8.73. The highest BCUT2D eigenvalue weighted by Gasteiger charge is 2.12. The molecular weight excluding hydrogens is 344 g/mol. The van der Waals surface area contributed by atoms with Gasteiger partial charge < -0.3 is 15.4 Å². The fourth-order valence-electron chi connectivity index (χ4n) is 2.37. The molecule has 0 spiro atoms. The summed E-state index contributed by atoms with van der Waals surface area (Å²) in [5.41, 5.74) is 4.48. The normalized spacial score (nSPS) is 10.2. The Morgan fingerprint density at radius 2 is 1.56 bits per heavy atom. The molecule has 0 saturated carbocycles. The van der Waals surface area contributed by atoms with E-state index >= 15 is 0 Å². The Hall–Kier alpha value is -3.15. The van der Waals surface area contributed by atoms with Crippen molar-refractivity contribution in [3.05, 3.63) is 59.2 Å². The second-order valence-corrected chi connectivity index (χ2v) is 6.37. The van der Waals surface area contributed by atoms with E-state index < -0.39 is 11.9 Å². The molecule has 0 unspecified atom stereocenters. The Balaban J connectivity index is 1.70. The maximum absolute atomic E-state index is 11.9. The molecule has 2 N–H and O–H groups in total. The van der Waals surface area contributed by atoms with Crippen molar-refractivity contribution in [3.8, 4) is 0 Å². The second kappa shape index (κ2) is 9.52. The molecule has 0 fully saturated rings. The Kier molecular flexibility index (Phi) is 7.11. The second-order valence-electron chi connectivity index (χ2n) is 6.37. The van der Waals surface area contributed by atoms with Gasteiger partial charge >= 0.3 is 5.97 Å². The molecule has 0 aliphatic rings. The van der Waals surface area contributed by atoms with E-state index in [0.717, 1.165) is 16.7 Å². The van der Waals surface area contributed by atoms with Gasteiger partial charge in [0.2, 0.25) is 5.91 Å². The topological polar surface area (TPSA) is 84.5 Å². The van der Waals surface area contributed by atoms with Crippen molar-refractivity contribution in [1.82, 2.24) is 0 Å². The van der Waals surface area contributed by atoms with Crippen LogP contribution in [0.1, 0.15) is 29.5 Å². The maximum Gasteiger partial charge on any atom is 0.306 e. The van der Waals surface area contributed by atoms with Gasteiger partial charge in [-0.1, -0.05) is 29.8 Å². The van der Waals surface area contributed by atoms with Crippen molar-refractivity contribution < 1.29 is 19.1 Å². The van der Waals surface area contributed by atoms with E-state index in [1.165, 1.54) is 0 Å². The summed E-state index contributed by atoms with van der Waals surface area (Å²) >= 11 is 0. The van der Waals surface area contributed by atoms with Gasteiger partial charge in [0.05, 0.1) is 6.42 Å². The lowest BCUT2D eigenvalue weighted by Gasteiger charge is -2.10. The van der Waals surface area contributed by atoms with Gasteiger partial charge in [-0.3, -0.25) is 14.4 Å². The smallest absolute Gasteiger partial charge is 0.306 e. The van der Waals surface area contributed by atoms with Crippen LogP contribution in [0.5, 0.6) is 0 Å². The van der Waals surface area contributed by atoms with Crippen molar-refractivity contribution in [2.75, 3.05) is 17.2 Å². The molecule has 0 saturated heterocycles. The van der Waals surface area contributed by atoms with Gasteiger partial charge in [-0.2, -0.15) is 0 Å². The van der Waals surface area contributed by atoms with Crippen molar-refractivity contribution in [2.24, 2.45) is 0 Å². The third kappa shape index (κ3) is 6.58. The summed E-state index contributed by atoms with van der Waals surface area (Å²) in [6.07, 6.45) is -0.0975. The van der Waals surface area contributed by atoms with Crippen molar-refractivity contribution in [1.29, 1.82) is 0 Å². The third-order valence-corrected chi connectivity index (χ3v) is 4.13. The van der Waals surface area contributed by atoms with Gasteiger partial charge in [0.1, 0.15) is 0 Å². The number of rotatable bonds is 7. The molecule has 2 rings (SSSR count). The average molecular weight is 368 g/mol. The van der Waals surface area contributed by atoms with E-state index in [-0.39, 0.29) is 25.4 Å². The summed E-state index contributed by atoms with van der Waals surface area (Å²) in [6, 6.07) is 12.9. The first-order valence-corrected chi connectivity index (χ1v) is 8.73. The van der Waals surface area contributed by atoms with Crippen molar-refractivity contribution in [2.45, 2.75) is 33.6 Å². The monoisotopic (exact) mass is 368 g/mol. The van der Waals surface area contributed by atoms with Gasteiger partial charge in [0, 0.05) is 17.8 Å². The highest BCUT2D eigenvalue weighted by atomic mass is 16.5. The summed E-state index contributed by atoms with van der Waals surface area (Å²) in [6.45, 7) is 5.43. The molecule has 0 heterocycles. The fourth-order valence-corrected chi connectivity index (χ4v) is 2.37. The van der Waals surface area contributed by atoms with Crippen LogP contribution in [0.4, 0.5) is 11.4 Å². The van der Waals surface area contributed by atoms with Crippen LogP contribution in [0.3, 0.4) is 0 Å². The number of amides is 2. The van der Waals surface area contributed by atoms with Crippen LogP contribution >= 0.6 is 0 Å². The van der Waals surface area contributed by atoms with Crippen LogP contribution in [0, 0.1) is 20.8 Å². The Bertz CT molecular complexity index is 829. The summed E-state index contributed by atoms with van der Waals surface area (Å²) < 4.78 is 4.93. The molecule has 0 aliphatic heterocycles. The largest absolute Gasteiger partial charge is 0.456 e. The summed E-state index contributed by atoms with van der Waals surface area (Å²) in [5.74, 6) is -1.29. The quantitative estimate of drug-likeness (QED) is 0.733. The number of aryl methyl sites for hydroxylation is 2. The van der Waals surface area contributed by atoms with Gasteiger partial charge in [-0.25, -0.2) is 0 Å². The number of esters is 1. The zero-order valence-corrected chi connectivity index (χ0v) is 15.8. The molecule has 0 atom stereocenters. The molecule has 6 heteroatoms. The number of benzene rings is 2. The number of hydrogen-bond donors (Lipinski definition) is 2. The minimum Gasteiger partial charge on any atom is -0.456 e. The molecule has 6 nitrogen and oxygen atoms in total. The molecule has 27 heavy (non-hydrogen) atoms. The van der Waals surface area contributed by atoms with Gasteiger partial charge in [-0.15, -0.1) is 0 Å². The number of anilines is 2. The van der Waals surface area contributed by atoms with Crippen LogP contribution in [0.2, 0.25) is 0 Å². The van der Waals surface area contributed by atoms with E-state index in [4.69, 9.17) is 4.74 Å². The number of ether oxygens (including phenoxy) is 1. The summed E-state index contributed by atoms with van der Waals surface area (Å²) in [5, 5.41) is 5.42. The Morgan fingerprint density at radius 3 is 2.26 bits per heavy atom. The zero-order valence-electron chi connectivity index (χ0n) is 15.8. The maximum atomic E-state index is 11.9. The third-order valence-electron chi connectivity index (χ3n) is 4.13. The van der Waals surface area contributed by atoms with Crippen LogP contribution in [-0.2, 0) is 19.1 Å². The molecule has 2 aromatic carbocycles. The molecule has 2 amide bonds. The minimum atomic E-state index is -0.592. The van der Waals surface area contributed by atoms with E-state index in [1.807, 2.05) is 45.0 Å². The SMILES string of the molecule is Cc1ccc(NC(=O)CCC(=O)OCC(=O)Nc2cccc(C)c2C)cc1. The van der Waals surface area contributed by atoms with E-state index in [0.29, 0.717) is 11.4 Å². The Labute approximate surface area is 158 Å². The summed E-state index contributed by atoms with van der Waals surface area (Å²) in [7, 11) is 0. The predicted octanol–water partition coefficient (Wildman–Crippen LogP) is 3.51. The van der Waals surface area contributed by atoms with E-state index in [1.54, 1.807) is 18.2 Å². The molecule has 2 aromatic rings. The van der Waals surface area contributed by atoms with Gasteiger partial charge in [0.15, 0.2) is 6.61 Å². The summed E-state index contributed by atoms with van der Waals surface area (Å²) in [4.78, 5) is 35.5. The standard InChI is InChI=1S/C21H24N2O4/c1-14-7-9-17(10-8-14)22-19(24)11-12-21(26)27-13-20(25)23-18-6-4-5-15(2)16(18)3/h4-10H,11-13H2,1-3H3,(H,22,24)(H,23,25). The first kappa shape index (κ1) is 20.2. The lowest BCUT2D eigenvalue weighted by atomic mass is 10.1. The highest BCUT2D eigenvalue weighted by molar-refractivity contribution is 5.94. The number of carbonyl (C=O) groups excluding carboxylic acids is 3. The number of carbonyl (C=O) groups is 3. The van der Waals surface area contributed by atoms with Crippen LogP contribution in [-0.4, -0.2) is 24.4 Å². The van der Waals surface area contributed by atoms with Crippen LogP contribution in [0.25, 0.3) is 0 Å². The molecule has 0 radical (unpaired) electrons. The molecule has 142 valence electrons. The first-order chi connectivity index (χ1) is 12.8. The predicted molar refractivity (Wildman–Crippen MR) is 105 cm³/mol. The van der Waals surface area contributed by atoms with E-state index in [9.17, 15) is 14.4 Å². The molecular formula is C21H24N2O4. The van der Waals surface area contributed by atoms with Crippen LogP contribution < -0.4 is 10.6 Å². The van der Waals surface area contributed by atoms with Gasteiger partial charge in [-0.05, 0) is 50.1 Å². The highest BCUT2D eigenvalue weighted by Crippen LogP contribution is 2.17. The Morgan fingerprint density at radius 1 is 0.852 bits per heavy atom. The minimum absolute atomic E-state index is 0.00861. The molecule has 0 bridgehead atoms. The number of nitrogens with one attached hydrogen (secondary N) is 2. The van der Waals surface area contributed by atoms with Crippen molar-refractivity contribution >= 4 is 29.2 Å².